The van der Waals surface area contributed by atoms with E-state index in [1.54, 1.807) is 18.2 Å². The standard InChI is InChI=1S/C18H15F3N2O4/c1-22-17(26)23-15(24)14(11-6-3-2-4-7-11)27-16(25)12-8-5-9-13(10-12)18(19,20)21/h2-10,14H,1H3,(H2,22,23,24,26)/t14-/m0/s1. The van der Waals surface area contributed by atoms with Gasteiger partial charge in [0.25, 0.3) is 5.91 Å². The summed E-state index contributed by atoms with van der Waals surface area (Å²) in [6.45, 7) is 0. The van der Waals surface area contributed by atoms with Gasteiger partial charge in [-0.05, 0) is 18.2 Å². The molecule has 27 heavy (non-hydrogen) atoms. The molecule has 2 aromatic rings. The molecule has 2 aromatic carbocycles. The third kappa shape index (κ3) is 5.30. The summed E-state index contributed by atoms with van der Waals surface area (Å²) in [5.74, 6) is -2.08. The van der Waals surface area contributed by atoms with E-state index in [9.17, 15) is 27.6 Å². The number of benzene rings is 2. The highest BCUT2D eigenvalue weighted by Crippen LogP contribution is 2.30. The van der Waals surface area contributed by atoms with Crippen molar-refractivity contribution in [3.8, 4) is 0 Å². The fourth-order valence-corrected chi connectivity index (χ4v) is 2.14. The molecule has 0 saturated heterocycles. The number of rotatable bonds is 4. The van der Waals surface area contributed by atoms with Crippen molar-refractivity contribution in [2.75, 3.05) is 7.05 Å². The first-order chi connectivity index (χ1) is 12.7. The number of urea groups is 1. The summed E-state index contributed by atoms with van der Waals surface area (Å²) in [6, 6.07) is 10.6. The van der Waals surface area contributed by atoms with Crippen LogP contribution in [0, 0.1) is 0 Å². The smallest absolute Gasteiger partial charge is 0.416 e. The number of nitrogens with one attached hydrogen (secondary N) is 2. The minimum absolute atomic E-state index is 0.249. The van der Waals surface area contributed by atoms with Crippen LogP contribution >= 0.6 is 0 Å². The largest absolute Gasteiger partial charge is 0.444 e. The van der Waals surface area contributed by atoms with Crippen LogP contribution in [0.15, 0.2) is 54.6 Å². The summed E-state index contributed by atoms with van der Waals surface area (Å²) in [6.07, 6.45) is -6.16. The van der Waals surface area contributed by atoms with Crippen LogP contribution in [0.5, 0.6) is 0 Å². The van der Waals surface area contributed by atoms with Crippen LogP contribution in [0.25, 0.3) is 0 Å². The number of hydrogen-bond donors (Lipinski definition) is 2. The van der Waals surface area contributed by atoms with E-state index in [4.69, 9.17) is 4.74 Å². The van der Waals surface area contributed by atoms with E-state index in [1.807, 2.05) is 5.32 Å². The van der Waals surface area contributed by atoms with Crippen molar-refractivity contribution in [2.24, 2.45) is 0 Å². The average molecular weight is 380 g/mol. The van der Waals surface area contributed by atoms with Crippen molar-refractivity contribution in [3.05, 3.63) is 71.3 Å². The summed E-state index contributed by atoms with van der Waals surface area (Å²) < 4.78 is 43.5. The number of carbonyl (C=O) groups is 3. The maximum Gasteiger partial charge on any atom is 0.416 e. The Kier molecular flexibility index (Phi) is 6.17. The molecule has 0 unspecified atom stereocenters. The lowest BCUT2D eigenvalue weighted by atomic mass is 10.1. The predicted molar refractivity (Wildman–Crippen MR) is 88.6 cm³/mol. The molecule has 0 aromatic heterocycles. The second kappa shape index (κ2) is 8.35. The van der Waals surface area contributed by atoms with E-state index in [0.717, 1.165) is 18.2 Å². The molecule has 0 spiro atoms. The molecule has 6 nitrogen and oxygen atoms in total. The number of hydrogen-bond acceptors (Lipinski definition) is 4. The zero-order valence-electron chi connectivity index (χ0n) is 14.0. The SMILES string of the molecule is CNC(=O)NC(=O)[C@@H](OC(=O)c1cccc(C(F)(F)F)c1)c1ccccc1. The van der Waals surface area contributed by atoms with Crippen molar-refractivity contribution in [1.29, 1.82) is 0 Å². The van der Waals surface area contributed by atoms with Crippen molar-refractivity contribution in [1.82, 2.24) is 10.6 Å². The zero-order valence-corrected chi connectivity index (χ0v) is 14.0. The zero-order chi connectivity index (χ0) is 20.0. The van der Waals surface area contributed by atoms with Gasteiger partial charge in [0.2, 0.25) is 6.10 Å². The highest BCUT2D eigenvalue weighted by Gasteiger charge is 2.32. The van der Waals surface area contributed by atoms with Crippen molar-refractivity contribution >= 4 is 17.9 Å². The first-order valence-corrected chi connectivity index (χ1v) is 7.68. The maximum atomic E-state index is 12.8. The summed E-state index contributed by atoms with van der Waals surface area (Å²) in [4.78, 5) is 35.9. The van der Waals surface area contributed by atoms with Gasteiger partial charge >= 0.3 is 18.2 Å². The summed E-state index contributed by atoms with van der Waals surface area (Å²) >= 11 is 0. The number of imide groups is 1. The molecule has 0 fully saturated rings. The van der Waals surface area contributed by atoms with Gasteiger partial charge in [-0.1, -0.05) is 36.4 Å². The van der Waals surface area contributed by atoms with Crippen LogP contribution in [0.4, 0.5) is 18.0 Å². The number of ether oxygens (including phenoxy) is 1. The number of halogens is 3. The molecule has 9 heteroatoms. The van der Waals surface area contributed by atoms with Gasteiger partial charge in [0.1, 0.15) is 0 Å². The topological polar surface area (TPSA) is 84.5 Å². The van der Waals surface area contributed by atoms with Crippen LogP contribution < -0.4 is 10.6 Å². The van der Waals surface area contributed by atoms with E-state index < -0.39 is 35.8 Å². The molecule has 0 heterocycles. The quantitative estimate of drug-likeness (QED) is 0.799. The first-order valence-electron chi connectivity index (χ1n) is 7.68. The third-order valence-corrected chi connectivity index (χ3v) is 3.45. The lowest BCUT2D eigenvalue weighted by Crippen LogP contribution is -2.41. The highest BCUT2D eigenvalue weighted by molar-refractivity contribution is 5.99. The molecule has 0 aliphatic rings. The van der Waals surface area contributed by atoms with Gasteiger partial charge in [-0.2, -0.15) is 13.2 Å². The first kappa shape index (κ1) is 20.0. The Balaban J connectivity index is 2.28. The van der Waals surface area contributed by atoms with Crippen molar-refractivity contribution in [2.45, 2.75) is 12.3 Å². The van der Waals surface area contributed by atoms with Crippen LogP contribution in [-0.2, 0) is 15.7 Å². The second-order valence-electron chi connectivity index (χ2n) is 5.34. The lowest BCUT2D eigenvalue weighted by molar-refractivity contribution is -0.137. The molecule has 1 atom stereocenters. The number of esters is 1. The Morgan fingerprint density at radius 3 is 2.26 bits per heavy atom. The van der Waals surface area contributed by atoms with Gasteiger partial charge < -0.3 is 10.1 Å². The van der Waals surface area contributed by atoms with Gasteiger partial charge in [0.15, 0.2) is 0 Å². The Labute approximate surface area is 152 Å². The summed E-state index contributed by atoms with van der Waals surface area (Å²) in [5.41, 5.74) is -1.15. The van der Waals surface area contributed by atoms with E-state index in [-0.39, 0.29) is 11.1 Å². The molecule has 3 amide bonds. The lowest BCUT2D eigenvalue weighted by Gasteiger charge is -2.18. The molecule has 0 aliphatic carbocycles. The Morgan fingerprint density at radius 2 is 1.67 bits per heavy atom. The van der Waals surface area contributed by atoms with Crippen molar-refractivity contribution < 1.29 is 32.3 Å². The Morgan fingerprint density at radius 1 is 1.00 bits per heavy atom. The minimum atomic E-state index is -4.63. The molecule has 0 radical (unpaired) electrons. The van der Waals surface area contributed by atoms with Gasteiger partial charge in [-0.3, -0.25) is 10.1 Å². The van der Waals surface area contributed by atoms with Crippen molar-refractivity contribution in [3.63, 3.8) is 0 Å². The van der Waals surface area contributed by atoms with E-state index in [1.165, 1.54) is 19.2 Å². The second-order valence-corrected chi connectivity index (χ2v) is 5.34. The molecule has 0 aliphatic heterocycles. The molecule has 2 rings (SSSR count). The Hall–Kier alpha value is -3.36. The fourth-order valence-electron chi connectivity index (χ4n) is 2.14. The number of alkyl halides is 3. The number of amides is 3. The highest BCUT2D eigenvalue weighted by atomic mass is 19.4. The van der Waals surface area contributed by atoms with Gasteiger partial charge in [-0.25, -0.2) is 9.59 Å². The average Bonchev–Trinajstić information content (AvgIpc) is 2.65. The molecule has 142 valence electrons. The Bertz CT molecular complexity index is 838. The molecule has 0 saturated carbocycles. The fraction of sp³-hybridized carbons (Fsp3) is 0.167. The summed E-state index contributed by atoms with van der Waals surface area (Å²) in [5, 5.41) is 4.15. The van der Waals surface area contributed by atoms with E-state index in [2.05, 4.69) is 5.32 Å². The normalized spacial score (nSPS) is 12.0. The van der Waals surface area contributed by atoms with E-state index >= 15 is 0 Å². The number of carbonyl (C=O) groups excluding carboxylic acids is 3. The monoisotopic (exact) mass is 380 g/mol. The van der Waals surface area contributed by atoms with Gasteiger partial charge in [0, 0.05) is 12.6 Å². The van der Waals surface area contributed by atoms with Crippen LogP contribution in [0.2, 0.25) is 0 Å². The molecule has 2 N–H and O–H groups in total. The van der Waals surface area contributed by atoms with E-state index in [0.29, 0.717) is 6.07 Å². The van der Waals surface area contributed by atoms with Gasteiger partial charge in [0.05, 0.1) is 11.1 Å². The van der Waals surface area contributed by atoms with Crippen LogP contribution in [0.3, 0.4) is 0 Å². The van der Waals surface area contributed by atoms with Gasteiger partial charge in [-0.15, -0.1) is 0 Å². The third-order valence-electron chi connectivity index (χ3n) is 3.45. The summed E-state index contributed by atoms with van der Waals surface area (Å²) in [7, 11) is 1.29. The molecular weight excluding hydrogens is 365 g/mol. The van der Waals surface area contributed by atoms with Crippen LogP contribution in [0.1, 0.15) is 27.6 Å². The minimum Gasteiger partial charge on any atom is -0.444 e. The maximum absolute atomic E-state index is 12.8. The predicted octanol–water partition coefficient (Wildman–Crippen LogP) is 3.06. The molecule has 0 bridgehead atoms. The van der Waals surface area contributed by atoms with Crippen LogP contribution in [-0.4, -0.2) is 25.0 Å². The molecular formula is C18H15F3N2O4.